The Morgan fingerprint density at radius 3 is 2.65 bits per heavy atom. The van der Waals surface area contributed by atoms with Crippen LogP contribution < -0.4 is 15.4 Å². The number of aryl methyl sites for hydroxylation is 2. The Hall–Kier alpha value is -1.84. The Bertz CT molecular complexity index is 715. The number of benzene rings is 1. The summed E-state index contributed by atoms with van der Waals surface area (Å²) in [7, 11) is 1.74. The number of ether oxygens (including phenoxy) is 1. The van der Waals surface area contributed by atoms with Crippen LogP contribution in [0.5, 0.6) is 5.75 Å². The molecule has 0 saturated heterocycles. The van der Waals surface area contributed by atoms with Gasteiger partial charge in [0, 0.05) is 32.1 Å². The summed E-state index contributed by atoms with van der Waals surface area (Å²) in [6.45, 7) is 9.20. The van der Waals surface area contributed by atoms with Gasteiger partial charge in [0.05, 0.1) is 6.10 Å². The van der Waals surface area contributed by atoms with Gasteiger partial charge in [0.15, 0.2) is 11.8 Å². The number of nitrogens with one attached hydrogen (secondary N) is 2. The molecule has 2 aromatic rings. The summed E-state index contributed by atoms with van der Waals surface area (Å²) in [4.78, 5) is 8.41. The molecule has 7 nitrogen and oxygen atoms in total. The van der Waals surface area contributed by atoms with E-state index < -0.39 is 0 Å². The molecule has 0 unspecified atom stereocenters. The number of aromatic nitrogens is 2. The van der Waals surface area contributed by atoms with Crippen molar-refractivity contribution in [1.82, 2.24) is 20.8 Å². The fourth-order valence-corrected chi connectivity index (χ4v) is 2.30. The number of rotatable bonds is 7. The first-order valence-electron chi connectivity index (χ1n) is 8.48. The predicted octanol–water partition coefficient (Wildman–Crippen LogP) is 3.00. The molecule has 2 rings (SSSR count). The van der Waals surface area contributed by atoms with Gasteiger partial charge in [0.2, 0.25) is 5.89 Å². The standard InChI is InChI=1S/C18H27N5O2.HI/c1-12(2)24-16-10-13(3)6-7-15(16)11-21-18(19-5)20-9-8-17-22-14(4)23-25-17;/h6-7,10,12H,8-9,11H2,1-5H3,(H2,19,20,21);1H. The summed E-state index contributed by atoms with van der Waals surface area (Å²) in [6.07, 6.45) is 0.782. The third-order valence-corrected chi connectivity index (χ3v) is 3.46. The number of halogens is 1. The van der Waals surface area contributed by atoms with Gasteiger partial charge in [0.1, 0.15) is 5.75 Å². The summed E-state index contributed by atoms with van der Waals surface area (Å²) in [5, 5.41) is 10.3. The van der Waals surface area contributed by atoms with Crippen LogP contribution >= 0.6 is 24.0 Å². The van der Waals surface area contributed by atoms with Crippen molar-refractivity contribution < 1.29 is 9.26 Å². The van der Waals surface area contributed by atoms with E-state index >= 15 is 0 Å². The molecule has 0 radical (unpaired) electrons. The Morgan fingerprint density at radius 2 is 2.04 bits per heavy atom. The number of aliphatic imine (C=N–C) groups is 1. The van der Waals surface area contributed by atoms with Crippen LogP contribution in [0.15, 0.2) is 27.7 Å². The molecule has 0 fully saturated rings. The summed E-state index contributed by atoms with van der Waals surface area (Å²) >= 11 is 0. The molecule has 0 bridgehead atoms. The second-order valence-corrected chi connectivity index (χ2v) is 6.12. The predicted molar refractivity (Wildman–Crippen MR) is 113 cm³/mol. The van der Waals surface area contributed by atoms with Gasteiger partial charge >= 0.3 is 0 Å². The first kappa shape index (κ1) is 22.2. The Balaban J connectivity index is 0.00000338. The van der Waals surface area contributed by atoms with Gasteiger partial charge in [-0.25, -0.2) is 0 Å². The van der Waals surface area contributed by atoms with Gasteiger partial charge in [-0.1, -0.05) is 17.3 Å². The molecule has 8 heteroatoms. The largest absolute Gasteiger partial charge is 0.491 e. The van der Waals surface area contributed by atoms with E-state index in [4.69, 9.17) is 9.26 Å². The molecule has 0 aliphatic heterocycles. The minimum Gasteiger partial charge on any atom is -0.491 e. The van der Waals surface area contributed by atoms with E-state index in [1.807, 2.05) is 13.8 Å². The Morgan fingerprint density at radius 1 is 1.27 bits per heavy atom. The summed E-state index contributed by atoms with van der Waals surface area (Å²) in [5.74, 6) is 2.88. The van der Waals surface area contributed by atoms with E-state index in [1.165, 1.54) is 5.56 Å². The lowest BCUT2D eigenvalue weighted by atomic mass is 10.1. The monoisotopic (exact) mass is 473 g/mol. The Kier molecular flexibility index (Phi) is 9.39. The second-order valence-electron chi connectivity index (χ2n) is 6.12. The maximum absolute atomic E-state index is 5.91. The van der Waals surface area contributed by atoms with Gasteiger partial charge in [-0.15, -0.1) is 24.0 Å². The quantitative estimate of drug-likeness (QED) is 0.366. The maximum Gasteiger partial charge on any atom is 0.228 e. The van der Waals surface area contributed by atoms with Gasteiger partial charge in [0.25, 0.3) is 0 Å². The third kappa shape index (κ3) is 7.19. The Labute approximate surface area is 172 Å². The lowest BCUT2D eigenvalue weighted by Gasteiger charge is -2.17. The number of hydrogen-bond acceptors (Lipinski definition) is 5. The van der Waals surface area contributed by atoms with E-state index in [1.54, 1.807) is 14.0 Å². The van der Waals surface area contributed by atoms with Crippen molar-refractivity contribution in [1.29, 1.82) is 0 Å². The maximum atomic E-state index is 5.91. The number of guanidine groups is 1. The van der Waals surface area contributed by atoms with Crippen LogP contribution in [0.25, 0.3) is 0 Å². The van der Waals surface area contributed by atoms with Gasteiger partial charge in [-0.3, -0.25) is 4.99 Å². The van der Waals surface area contributed by atoms with Crippen LogP contribution in [0.1, 0.15) is 36.7 Å². The molecule has 0 aliphatic rings. The molecule has 0 saturated carbocycles. The fourth-order valence-electron chi connectivity index (χ4n) is 2.30. The highest BCUT2D eigenvalue weighted by atomic mass is 127. The summed E-state index contributed by atoms with van der Waals surface area (Å²) in [6, 6.07) is 6.22. The minimum atomic E-state index is 0. The summed E-state index contributed by atoms with van der Waals surface area (Å²) in [5.41, 5.74) is 2.27. The average Bonchev–Trinajstić information content (AvgIpc) is 2.97. The zero-order valence-corrected chi connectivity index (χ0v) is 18.3. The highest BCUT2D eigenvalue weighted by molar-refractivity contribution is 14.0. The molecule has 0 spiro atoms. The van der Waals surface area contributed by atoms with Crippen molar-refractivity contribution in [3.05, 3.63) is 41.0 Å². The van der Waals surface area contributed by atoms with E-state index in [-0.39, 0.29) is 30.1 Å². The number of hydrogen-bond donors (Lipinski definition) is 2. The third-order valence-electron chi connectivity index (χ3n) is 3.46. The fraction of sp³-hybridized carbons (Fsp3) is 0.500. The summed E-state index contributed by atoms with van der Waals surface area (Å²) < 4.78 is 11.0. The van der Waals surface area contributed by atoms with Crippen LogP contribution in [-0.4, -0.2) is 35.8 Å². The molecule has 2 N–H and O–H groups in total. The average molecular weight is 473 g/mol. The van der Waals surface area contributed by atoms with Crippen LogP contribution in [0.2, 0.25) is 0 Å². The molecular formula is C18H28IN5O2. The van der Waals surface area contributed by atoms with E-state index in [2.05, 4.69) is 50.9 Å². The highest BCUT2D eigenvalue weighted by Gasteiger charge is 2.08. The lowest BCUT2D eigenvalue weighted by Crippen LogP contribution is -2.38. The smallest absolute Gasteiger partial charge is 0.228 e. The van der Waals surface area contributed by atoms with Crippen molar-refractivity contribution >= 4 is 29.9 Å². The number of nitrogens with zero attached hydrogens (tertiary/aromatic N) is 3. The molecule has 144 valence electrons. The van der Waals surface area contributed by atoms with E-state index in [0.29, 0.717) is 37.2 Å². The lowest BCUT2D eigenvalue weighted by molar-refractivity contribution is 0.239. The second kappa shape index (κ2) is 11.0. The van der Waals surface area contributed by atoms with Crippen molar-refractivity contribution in [3.8, 4) is 5.75 Å². The van der Waals surface area contributed by atoms with Gasteiger partial charge in [-0.2, -0.15) is 4.98 Å². The molecule has 1 heterocycles. The SMILES string of the molecule is CN=C(NCCc1nc(C)no1)NCc1ccc(C)cc1OC(C)C.I. The van der Waals surface area contributed by atoms with E-state index in [0.717, 1.165) is 11.3 Å². The van der Waals surface area contributed by atoms with Crippen LogP contribution in [-0.2, 0) is 13.0 Å². The molecular weight excluding hydrogens is 445 g/mol. The molecule has 26 heavy (non-hydrogen) atoms. The van der Waals surface area contributed by atoms with Crippen molar-refractivity contribution in [2.75, 3.05) is 13.6 Å². The zero-order valence-electron chi connectivity index (χ0n) is 16.0. The molecule has 1 aromatic carbocycles. The van der Waals surface area contributed by atoms with Crippen molar-refractivity contribution in [2.45, 2.75) is 46.8 Å². The van der Waals surface area contributed by atoms with Crippen molar-refractivity contribution in [3.63, 3.8) is 0 Å². The van der Waals surface area contributed by atoms with Crippen LogP contribution in [0.3, 0.4) is 0 Å². The van der Waals surface area contributed by atoms with Gasteiger partial charge in [-0.05, 0) is 39.3 Å². The molecule has 0 atom stereocenters. The zero-order chi connectivity index (χ0) is 18.2. The minimum absolute atomic E-state index is 0. The molecule has 1 aromatic heterocycles. The topological polar surface area (TPSA) is 84.6 Å². The highest BCUT2D eigenvalue weighted by Crippen LogP contribution is 2.21. The van der Waals surface area contributed by atoms with Crippen LogP contribution in [0.4, 0.5) is 0 Å². The van der Waals surface area contributed by atoms with Crippen molar-refractivity contribution in [2.24, 2.45) is 4.99 Å². The van der Waals surface area contributed by atoms with Crippen LogP contribution in [0, 0.1) is 13.8 Å². The van der Waals surface area contributed by atoms with E-state index in [9.17, 15) is 0 Å². The first-order chi connectivity index (χ1) is 12.0. The molecule has 0 aliphatic carbocycles. The van der Waals surface area contributed by atoms with Gasteiger partial charge < -0.3 is 19.9 Å². The molecule has 0 amide bonds. The first-order valence-corrected chi connectivity index (χ1v) is 8.48. The normalized spacial score (nSPS) is 11.2.